The van der Waals surface area contributed by atoms with Gasteiger partial charge in [0, 0.05) is 48.7 Å². The van der Waals surface area contributed by atoms with Gasteiger partial charge in [0.1, 0.15) is 11.9 Å². The molecule has 30 heavy (non-hydrogen) atoms. The van der Waals surface area contributed by atoms with Crippen molar-refractivity contribution in [3.63, 3.8) is 0 Å². The first-order valence-corrected chi connectivity index (χ1v) is 10.4. The largest absolute Gasteiger partial charge is 0.355 e. The summed E-state index contributed by atoms with van der Waals surface area (Å²) in [5.41, 5.74) is 4.54. The van der Waals surface area contributed by atoms with Crippen molar-refractivity contribution in [2.45, 2.75) is 32.2 Å². The van der Waals surface area contributed by atoms with Crippen molar-refractivity contribution in [3.05, 3.63) is 69.9 Å². The highest BCUT2D eigenvalue weighted by Gasteiger charge is 2.31. The Balaban J connectivity index is 1.32. The second-order valence-electron chi connectivity index (χ2n) is 8.04. The van der Waals surface area contributed by atoms with Gasteiger partial charge in [-0.15, -0.1) is 0 Å². The van der Waals surface area contributed by atoms with Gasteiger partial charge in [-0.2, -0.15) is 10.4 Å². The number of aryl methyl sites for hydroxylation is 2. The lowest BCUT2D eigenvalue weighted by atomic mass is 9.93. The Kier molecular flexibility index (Phi) is 4.75. The van der Waals surface area contributed by atoms with E-state index in [4.69, 9.17) is 4.98 Å². The third-order valence-electron chi connectivity index (χ3n) is 5.91. The van der Waals surface area contributed by atoms with Gasteiger partial charge in [0.2, 0.25) is 0 Å². The van der Waals surface area contributed by atoms with Crippen LogP contribution in [0.2, 0.25) is 0 Å². The summed E-state index contributed by atoms with van der Waals surface area (Å²) in [5, 5.41) is 14.1. The van der Waals surface area contributed by atoms with E-state index in [1.165, 1.54) is 16.7 Å². The predicted molar refractivity (Wildman–Crippen MR) is 113 cm³/mol. The molecule has 5 rings (SSSR count). The summed E-state index contributed by atoms with van der Waals surface area (Å²) < 4.78 is 1.54. The Labute approximate surface area is 174 Å². The van der Waals surface area contributed by atoms with Crippen LogP contribution in [0, 0.1) is 17.2 Å². The van der Waals surface area contributed by atoms with Gasteiger partial charge in [-0.1, -0.05) is 0 Å². The fourth-order valence-corrected chi connectivity index (χ4v) is 4.30. The Bertz CT molecular complexity index is 1170. The third kappa shape index (κ3) is 3.45. The van der Waals surface area contributed by atoms with Gasteiger partial charge in [0.05, 0.1) is 17.8 Å². The Morgan fingerprint density at radius 3 is 2.83 bits per heavy atom. The van der Waals surface area contributed by atoms with Crippen LogP contribution in [0.4, 0.5) is 5.82 Å². The van der Waals surface area contributed by atoms with Gasteiger partial charge >= 0.3 is 0 Å². The summed E-state index contributed by atoms with van der Waals surface area (Å²) >= 11 is 0. The molecule has 0 radical (unpaired) electrons. The standard InChI is InChI=1S/C23H22N6O/c24-11-19-10-17-4-1-2-6-20(17)26-23(19)28-13-16(14-28)15-29-22(30)8-7-21(27-29)18-5-3-9-25-12-18/h3,5,7-10,12,16H,1-2,4,6,13-15H2. The third-order valence-corrected chi connectivity index (χ3v) is 5.91. The molecule has 150 valence electrons. The molecule has 3 aromatic heterocycles. The minimum Gasteiger partial charge on any atom is -0.355 e. The molecule has 0 unspecified atom stereocenters. The van der Waals surface area contributed by atoms with Gasteiger partial charge in [0.15, 0.2) is 0 Å². The van der Waals surface area contributed by atoms with Crippen LogP contribution < -0.4 is 10.5 Å². The van der Waals surface area contributed by atoms with Crippen molar-refractivity contribution in [3.8, 4) is 17.3 Å². The lowest BCUT2D eigenvalue weighted by Crippen LogP contribution is -2.50. The molecule has 1 saturated heterocycles. The molecule has 3 aromatic rings. The van der Waals surface area contributed by atoms with Crippen LogP contribution in [-0.2, 0) is 19.4 Å². The second-order valence-corrected chi connectivity index (χ2v) is 8.04. The topological polar surface area (TPSA) is 87.7 Å². The molecule has 2 aliphatic rings. The molecule has 0 aromatic carbocycles. The lowest BCUT2D eigenvalue weighted by Gasteiger charge is -2.41. The fourth-order valence-electron chi connectivity index (χ4n) is 4.30. The Hall–Kier alpha value is -3.53. The molecule has 1 fully saturated rings. The van der Waals surface area contributed by atoms with E-state index in [9.17, 15) is 10.1 Å². The molecular weight excluding hydrogens is 376 g/mol. The van der Waals surface area contributed by atoms with E-state index >= 15 is 0 Å². The highest BCUT2D eigenvalue weighted by Crippen LogP contribution is 2.30. The number of aromatic nitrogens is 4. The van der Waals surface area contributed by atoms with E-state index in [2.05, 4.69) is 21.1 Å². The van der Waals surface area contributed by atoms with Crippen LogP contribution in [0.1, 0.15) is 29.7 Å². The lowest BCUT2D eigenvalue weighted by molar-refractivity contribution is 0.333. The first-order valence-electron chi connectivity index (χ1n) is 10.4. The van der Waals surface area contributed by atoms with Crippen LogP contribution in [0.25, 0.3) is 11.3 Å². The van der Waals surface area contributed by atoms with E-state index in [1.54, 1.807) is 24.5 Å². The van der Waals surface area contributed by atoms with Gasteiger partial charge in [-0.05, 0) is 55.5 Å². The predicted octanol–water partition coefficient (Wildman–Crippen LogP) is 2.59. The molecule has 0 amide bonds. The van der Waals surface area contributed by atoms with Crippen LogP contribution in [0.15, 0.2) is 47.5 Å². The molecule has 0 spiro atoms. The van der Waals surface area contributed by atoms with Crippen LogP contribution in [0.5, 0.6) is 0 Å². The van der Waals surface area contributed by atoms with E-state index in [0.29, 0.717) is 18.0 Å². The van der Waals surface area contributed by atoms with Gasteiger partial charge in [0.25, 0.3) is 5.56 Å². The summed E-state index contributed by atoms with van der Waals surface area (Å²) in [6.07, 6.45) is 7.80. The molecule has 7 heteroatoms. The first-order chi connectivity index (χ1) is 14.7. The van der Waals surface area contributed by atoms with Gasteiger partial charge in [-0.3, -0.25) is 9.78 Å². The highest BCUT2D eigenvalue weighted by molar-refractivity contribution is 5.58. The van der Waals surface area contributed by atoms with E-state index in [0.717, 1.165) is 55.1 Å². The average Bonchev–Trinajstić information content (AvgIpc) is 2.77. The number of hydrogen-bond donors (Lipinski definition) is 0. The van der Waals surface area contributed by atoms with E-state index in [1.807, 2.05) is 18.2 Å². The van der Waals surface area contributed by atoms with Crippen molar-refractivity contribution < 1.29 is 0 Å². The zero-order valence-corrected chi connectivity index (χ0v) is 16.7. The second kappa shape index (κ2) is 7.71. The summed E-state index contributed by atoms with van der Waals surface area (Å²) in [6.45, 7) is 2.09. The highest BCUT2D eigenvalue weighted by atomic mass is 16.1. The Morgan fingerprint density at radius 2 is 2.03 bits per heavy atom. The summed E-state index contributed by atoms with van der Waals surface area (Å²) in [4.78, 5) is 23.4. The monoisotopic (exact) mass is 398 g/mol. The van der Waals surface area contributed by atoms with Crippen LogP contribution >= 0.6 is 0 Å². The number of hydrogen-bond acceptors (Lipinski definition) is 6. The number of anilines is 1. The molecule has 0 N–H and O–H groups in total. The maximum Gasteiger partial charge on any atom is 0.266 e. The fraction of sp³-hybridized carbons (Fsp3) is 0.348. The normalized spacial score (nSPS) is 15.9. The van der Waals surface area contributed by atoms with Crippen molar-refractivity contribution >= 4 is 5.82 Å². The molecule has 0 atom stereocenters. The van der Waals surface area contributed by atoms with E-state index < -0.39 is 0 Å². The minimum absolute atomic E-state index is 0.106. The number of pyridine rings is 2. The molecule has 0 bridgehead atoms. The number of nitriles is 1. The molecule has 7 nitrogen and oxygen atoms in total. The van der Waals surface area contributed by atoms with Crippen LogP contribution in [0.3, 0.4) is 0 Å². The summed E-state index contributed by atoms with van der Waals surface area (Å²) in [7, 11) is 0. The molecular formula is C23H22N6O. The zero-order chi connectivity index (χ0) is 20.5. The molecule has 4 heterocycles. The van der Waals surface area contributed by atoms with Gasteiger partial charge < -0.3 is 4.90 Å². The van der Waals surface area contributed by atoms with Crippen molar-refractivity contribution in [2.24, 2.45) is 5.92 Å². The quantitative estimate of drug-likeness (QED) is 0.671. The molecule has 0 saturated carbocycles. The van der Waals surface area contributed by atoms with Crippen molar-refractivity contribution in [2.75, 3.05) is 18.0 Å². The van der Waals surface area contributed by atoms with Crippen LogP contribution in [-0.4, -0.2) is 32.8 Å². The smallest absolute Gasteiger partial charge is 0.266 e. The first kappa shape index (κ1) is 18.5. The number of rotatable bonds is 4. The van der Waals surface area contributed by atoms with Crippen molar-refractivity contribution in [1.29, 1.82) is 5.26 Å². The van der Waals surface area contributed by atoms with E-state index in [-0.39, 0.29) is 5.56 Å². The maximum atomic E-state index is 12.3. The molecule has 1 aliphatic heterocycles. The van der Waals surface area contributed by atoms with Crippen molar-refractivity contribution in [1.82, 2.24) is 19.7 Å². The number of nitrogens with zero attached hydrogens (tertiary/aromatic N) is 6. The average molecular weight is 398 g/mol. The Morgan fingerprint density at radius 1 is 1.17 bits per heavy atom. The summed E-state index contributed by atoms with van der Waals surface area (Å²) in [6, 6.07) is 11.4. The van der Waals surface area contributed by atoms with Gasteiger partial charge in [-0.25, -0.2) is 9.67 Å². The maximum absolute atomic E-state index is 12.3. The molecule has 1 aliphatic carbocycles. The summed E-state index contributed by atoms with van der Waals surface area (Å²) in [5.74, 6) is 1.09. The SMILES string of the molecule is N#Cc1cc2c(nc1N1CC(Cn3nc(-c4cccnc4)ccc3=O)C1)CCCC2. The minimum atomic E-state index is -0.106. The number of fused-ring (bicyclic) bond motifs is 1. The zero-order valence-electron chi connectivity index (χ0n) is 16.7.